The molecule has 0 fully saturated rings. The summed E-state index contributed by atoms with van der Waals surface area (Å²) < 4.78 is 0. The van der Waals surface area contributed by atoms with Crippen molar-refractivity contribution >= 4 is 53.9 Å². The number of fused-ring (bicyclic) bond motifs is 6. The van der Waals surface area contributed by atoms with Crippen LogP contribution in [0, 0.1) is 12.8 Å². The van der Waals surface area contributed by atoms with E-state index in [1.54, 1.807) is 0 Å². The Balaban J connectivity index is 1.50. The van der Waals surface area contributed by atoms with Gasteiger partial charge in [-0.3, -0.25) is 0 Å². The predicted octanol–water partition coefficient (Wildman–Crippen LogP) is 12.3. The second kappa shape index (κ2) is 10.1. The van der Waals surface area contributed by atoms with Gasteiger partial charge in [-0.25, -0.2) is 0 Å². The smallest absolute Gasteiger partial charge is 0.00201 e. The Hall–Kier alpha value is -4.94. The van der Waals surface area contributed by atoms with Gasteiger partial charge in [-0.2, -0.15) is 0 Å². The van der Waals surface area contributed by atoms with E-state index in [1.807, 2.05) is 0 Å². The Morgan fingerprint density at radius 2 is 1.02 bits per heavy atom. The largest absolute Gasteiger partial charge is 0.0625 e. The average molecular weight is 551 g/mol. The van der Waals surface area contributed by atoms with Crippen LogP contribution in [-0.2, 0) is 6.42 Å². The molecule has 0 heteroatoms. The highest BCUT2D eigenvalue weighted by Crippen LogP contribution is 2.46. The van der Waals surface area contributed by atoms with Crippen molar-refractivity contribution in [2.24, 2.45) is 5.92 Å². The molecule has 0 spiro atoms. The molecule has 8 aromatic rings. The Kier molecular flexibility index (Phi) is 6.05. The van der Waals surface area contributed by atoms with E-state index < -0.39 is 0 Å². The molecule has 0 saturated carbocycles. The lowest BCUT2D eigenvalue weighted by atomic mass is 9.83. The molecule has 0 heterocycles. The maximum Gasteiger partial charge on any atom is -0.00201 e. The van der Waals surface area contributed by atoms with Gasteiger partial charge < -0.3 is 0 Å². The van der Waals surface area contributed by atoms with Crippen molar-refractivity contribution in [2.45, 2.75) is 27.2 Å². The average Bonchev–Trinajstić information content (AvgIpc) is 3.03. The van der Waals surface area contributed by atoms with Gasteiger partial charge in [0.2, 0.25) is 0 Å². The van der Waals surface area contributed by atoms with E-state index in [2.05, 4.69) is 154 Å². The Bertz CT molecular complexity index is 2300. The summed E-state index contributed by atoms with van der Waals surface area (Å²) in [4.78, 5) is 0. The van der Waals surface area contributed by atoms with Crippen LogP contribution in [0.25, 0.3) is 76.1 Å². The van der Waals surface area contributed by atoms with Crippen LogP contribution in [0.1, 0.15) is 25.0 Å². The molecule has 0 unspecified atom stereocenters. The van der Waals surface area contributed by atoms with Gasteiger partial charge >= 0.3 is 0 Å². The molecule has 0 aliphatic heterocycles. The predicted molar refractivity (Wildman–Crippen MR) is 188 cm³/mol. The zero-order valence-corrected chi connectivity index (χ0v) is 25.0. The molecule has 0 saturated heterocycles. The molecular formula is C43H34. The standard InChI is InChI=1S/C43H34/c1-27(2)24-40-31-15-5-4-13-29(31)26-41-32-20-11-21-35(33(32)22-23-34(40)41)43-38-18-8-6-16-36(38)42(30-14-10-12-28(3)25-30)37-17-7-9-19-39(37)43/h4-23,25-27H,24H2,1-3H3. The molecule has 0 aromatic heterocycles. The van der Waals surface area contributed by atoms with Crippen molar-refractivity contribution in [1.29, 1.82) is 0 Å². The molecule has 0 aliphatic carbocycles. The van der Waals surface area contributed by atoms with Gasteiger partial charge in [0.05, 0.1) is 0 Å². The number of aryl methyl sites for hydroxylation is 1. The molecule has 0 amide bonds. The summed E-state index contributed by atoms with van der Waals surface area (Å²) in [6, 6.07) is 49.9. The van der Waals surface area contributed by atoms with Crippen LogP contribution in [0.4, 0.5) is 0 Å². The zero-order chi connectivity index (χ0) is 29.1. The van der Waals surface area contributed by atoms with E-state index in [4.69, 9.17) is 0 Å². The van der Waals surface area contributed by atoms with Crippen LogP contribution >= 0.6 is 0 Å². The van der Waals surface area contributed by atoms with Crippen molar-refractivity contribution in [3.63, 3.8) is 0 Å². The SMILES string of the molecule is Cc1cccc(-c2c3ccccc3c(-c3cccc4c3ccc3c(CC(C)C)c5ccccc5cc34)c3ccccc23)c1. The first-order valence-electron chi connectivity index (χ1n) is 15.5. The number of hydrogen-bond acceptors (Lipinski definition) is 0. The third-order valence-electron chi connectivity index (χ3n) is 9.13. The topological polar surface area (TPSA) is 0 Å². The Labute approximate surface area is 253 Å². The van der Waals surface area contributed by atoms with E-state index >= 15 is 0 Å². The summed E-state index contributed by atoms with van der Waals surface area (Å²) >= 11 is 0. The third kappa shape index (κ3) is 4.13. The number of rotatable bonds is 4. The second-order valence-electron chi connectivity index (χ2n) is 12.4. The van der Waals surface area contributed by atoms with Gasteiger partial charge in [0.1, 0.15) is 0 Å². The highest BCUT2D eigenvalue weighted by Gasteiger charge is 2.19. The van der Waals surface area contributed by atoms with E-state index in [-0.39, 0.29) is 0 Å². The second-order valence-corrected chi connectivity index (χ2v) is 12.4. The van der Waals surface area contributed by atoms with Gasteiger partial charge in [-0.15, -0.1) is 0 Å². The minimum absolute atomic E-state index is 0.584. The Morgan fingerprint density at radius 3 is 1.70 bits per heavy atom. The lowest BCUT2D eigenvalue weighted by Crippen LogP contribution is -1.97. The molecule has 0 aliphatic rings. The van der Waals surface area contributed by atoms with Crippen LogP contribution in [0.3, 0.4) is 0 Å². The molecule has 0 nitrogen and oxygen atoms in total. The van der Waals surface area contributed by atoms with Crippen LogP contribution < -0.4 is 0 Å². The lowest BCUT2D eigenvalue weighted by molar-refractivity contribution is 0.653. The first kappa shape index (κ1) is 25.7. The zero-order valence-electron chi connectivity index (χ0n) is 25.0. The van der Waals surface area contributed by atoms with Crippen molar-refractivity contribution in [3.8, 4) is 22.3 Å². The van der Waals surface area contributed by atoms with E-state index in [9.17, 15) is 0 Å². The summed E-state index contributed by atoms with van der Waals surface area (Å²) in [5.41, 5.74) is 7.94. The van der Waals surface area contributed by atoms with Crippen LogP contribution in [-0.4, -0.2) is 0 Å². The quantitative estimate of drug-likeness (QED) is 0.151. The van der Waals surface area contributed by atoms with Gasteiger partial charge in [0.25, 0.3) is 0 Å². The van der Waals surface area contributed by atoms with E-state index in [1.165, 1.54) is 87.2 Å². The van der Waals surface area contributed by atoms with Crippen molar-refractivity contribution < 1.29 is 0 Å². The lowest BCUT2D eigenvalue weighted by Gasteiger charge is -2.20. The van der Waals surface area contributed by atoms with Gasteiger partial charge in [-0.05, 0) is 107 Å². The molecule has 0 radical (unpaired) electrons. The third-order valence-corrected chi connectivity index (χ3v) is 9.13. The summed E-state index contributed by atoms with van der Waals surface area (Å²) in [6.07, 6.45) is 1.07. The molecule has 0 atom stereocenters. The monoisotopic (exact) mass is 550 g/mol. The molecule has 43 heavy (non-hydrogen) atoms. The summed E-state index contributed by atoms with van der Waals surface area (Å²) in [5.74, 6) is 0.584. The Morgan fingerprint density at radius 1 is 0.442 bits per heavy atom. The van der Waals surface area contributed by atoms with Crippen molar-refractivity contribution in [2.75, 3.05) is 0 Å². The fraction of sp³-hybridized carbons (Fsp3) is 0.116. The molecule has 8 rings (SSSR count). The maximum atomic E-state index is 2.41. The molecular weight excluding hydrogens is 516 g/mol. The molecule has 8 aromatic carbocycles. The minimum Gasteiger partial charge on any atom is -0.0625 e. The first-order chi connectivity index (χ1) is 21.1. The van der Waals surface area contributed by atoms with Crippen LogP contribution in [0.15, 0.2) is 133 Å². The van der Waals surface area contributed by atoms with Gasteiger partial charge in [0, 0.05) is 0 Å². The van der Waals surface area contributed by atoms with Crippen molar-refractivity contribution in [1.82, 2.24) is 0 Å². The fourth-order valence-electron chi connectivity index (χ4n) is 7.37. The van der Waals surface area contributed by atoms with Crippen LogP contribution in [0.5, 0.6) is 0 Å². The first-order valence-corrected chi connectivity index (χ1v) is 15.5. The van der Waals surface area contributed by atoms with Gasteiger partial charge in [-0.1, -0.05) is 147 Å². The highest BCUT2D eigenvalue weighted by molar-refractivity contribution is 6.25. The van der Waals surface area contributed by atoms with Gasteiger partial charge in [0.15, 0.2) is 0 Å². The fourth-order valence-corrected chi connectivity index (χ4v) is 7.37. The van der Waals surface area contributed by atoms with E-state index in [0.29, 0.717) is 5.92 Å². The minimum atomic E-state index is 0.584. The van der Waals surface area contributed by atoms with E-state index in [0.717, 1.165) is 6.42 Å². The number of hydrogen-bond donors (Lipinski definition) is 0. The summed E-state index contributed by atoms with van der Waals surface area (Å²) in [7, 11) is 0. The normalized spacial score (nSPS) is 11.9. The van der Waals surface area contributed by atoms with Crippen LogP contribution in [0.2, 0.25) is 0 Å². The summed E-state index contributed by atoms with van der Waals surface area (Å²) in [5, 5.41) is 13.2. The maximum absolute atomic E-state index is 2.41. The molecule has 0 N–H and O–H groups in total. The molecule has 206 valence electrons. The summed E-state index contributed by atoms with van der Waals surface area (Å²) in [6.45, 7) is 6.82. The van der Waals surface area contributed by atoms with Crippen molar-refractivity contribution in [3.05, 3.63) is 145 Å². The number of benzene rings is 8. The molecule has 0 bridgehead atoms. The highest BCUT2D eigenvalue weighted by atomic mass is 14.2.